The molecule has 0 radical (unpaired) electrons. The molecule has 0 fully saturated rings. The second kappa shape index (κ2) is 9.71. The highest BCUT2D eigenvalue weighted by Gasteiger charge is 2.22. The summed E-state index contributed by atoms with van der Waals surface area (Å²) >= 11 is 0. The van der Waals surface area contributed by atoms with E-state index >= 15 is 0 Å². The first-order valence-electron chi connectivity index (χ1n) is 8.56. The summed E-state index contributed by atoms with van der Waals surface area (Å²) in [6.07, 6.45) is 6.67. The number of carbonyl (C=O) groups is 1. The van der Waals surface area contributed by atoms with Gasteiger partial charge in [0.2, 0.25) is 0 Å². The summed E-state index contributed by atoms with van der Waals surface area (Å²) < 4.78 is 17.7. The second-order valence-corrected chi connectivity index (χ2v) is 8.78. The summed E-state index contributed by atoms with van der Waals surface area (Å²) in [5, 5.41) is 0. The highest BCUT2D eigenvalue weighted by atomic mass is 32.2. The van der Waals surface area contributed by atoms with Gasteiger partial charge in [-0.1, -0.05) is 49.3 Å². The van der Waals surface area contributed by atoms with Gasteiger partial charge in [-0.15, -0.1) is 0 Å². The third-order valence-corrected chi connectivity index (χ3v) is 5.47. The van der Waals surface area contributed by atoms with Gasteiger partial charge in [0, 0.05) is 4.90 Å². The van der Waals surface area contributed by atoms with Crippen LogP contribution < -0.4 is 0 Å². The summed E-state index contributed by atoms with van der Waals surface area (Å²) in [4.78, 5) is 13.0. The average molecular weight is 363 g/mol. The molecule has 25 heavy (non-hydrogen) atoms. The molecule has 0 N–H and O–H groups in total. The Morgan fingerprint density at radius 1 is 1.16 bits per heavy atom. The third kappa shape index (κ3) is 7.39. The molecular formula is C21H30O3S. The Morgan fingerprint density at radius 2 is 1.76 bits per heavy atom. The molecule has 0 aliphatic rings. The molecule has 0 heterocycles. The van der Waals surface area contributed by atoms with Crippen molar-refractivity contribution >= 4 is 16.8 Å². The monoisotopic (exact) mass is 362 g/mol. The Labute approximate surface area is 154 Å². The highest BCUT2D eigenvalue weighted by molar-refractivity contribution is 7.90. The van der Waals surface area contributed by atoms with Crippen molar-refractivity contribution < 1.29 is 13.7 Å². The van der Waals surface area contributed by atoms with Crippen LogP contribution in [0.4, 0.5) is 0 Å². The number of carbonyl (C=O) groups excluding carboxylic acids is 1. The average Bonchev–Trinajstić information content (AvgIpc) is 2.54. The summed E-state index contributed by atoms with van der Waals surface area (Å²) in [7, 11) is -0.211. The standard InChI is InChI=1S/C21H30O3S/c1-16(2)8-7-14-21(4,5)15-13-19(20(22)24-6)25(23)18-11-9-17(3)10-12-18/h8-13H,7,14-15H2,1-6H3/b19-13+. The Hall–Kier alpha value is -1.68. The van der Waals surface area contributed by atoms with E-state index in [1.54, 1.807) is 18.2 Å². The number of hydrogen-bond donors (Lipinski definition) is 0. The van der Waals surface area contributed by atoms with E-state index in [0.29, 0.717) is 11.3 Å². The first kappa shape index (κ1) is 21.4. The van der Waals surface area contributed by atoms with Gasteiger partial charge in [-0.2, -0.15) is 0 Å². The van der Waals surface area contributed by atoms with Crippen LogP contribution in [0, 0.1) is 12.3 Å². The van der Waals surface area contributed by atoms with Crippen LogP contribution in [-0.2, 0) is 20.3 Å². The number of aryl methyl sites for hydroxylation is 1. The fourth-order valence-electron chi connectivity index (χ4n) is 2.35. The molecule has 0 spiro atoms. The number of ether oxygens (including phenoxy) is 1. The zero-order valence-corrected chi connectivity index (χ0v) is 17.0. The Balaban J connectivity index is 2.96. The molecule has 3 nitrogen and oxygen atoms in total. The van der Waals surface area contributed by atoms with Crippen molar-refractivity contribution in [3.63, 3.8) is 0 Å². The lowest BCUT2D eigenvalue weighted by molar-refractivity contribution is -0.135. The van der Waals surface area contributed by atoms with Crippen LogP contribution in [0.3, 0.4) is 0 Å². The van der Waals surface area contributed by atoms with Gasteiger partial charge in [0.05, 0.1) is 17.9 Å². The maximum absolute atomic E-state index is 12.8. The smallest absolute Gasteiger partial charge is 0.346 e. The molecule has 0 aromatic heterocycles. The van der Waals surface area contributed by atoms with E-state index in [1.165, 1.54) is 12.7 Å². The minimum absolute atomic E-state index is 0.0166. The minimum atomic E-state index is -1.53. The Morgan fingerprint density at radius 3 is 2.28 bits per heavy atom. The largest absolute Gasteiger partial charge is 0.465 e. The number of benzene rings is 1. The molecule has 0 saturated carbocycles. The Bertz CT molecular complexity index is 663. The van der Waals surface area contributed by atoms with Gasteiger partial charge in [-0.05, 0) is 57.6 Å². The molecule has 0 aliphatic heterocycles. The predicted octanol–water partition coefficient (Wildman–Crippen LogP) is 5.32. The zero-order chi connectivity index (χ0) is 19.0. The minimum Gasteiger partial charge on any atom is -0.465 e. The Kier molecular flexibility index (Phi) is 8.30. The van der Waals surface area contributed by atoms with Gasteiger partial charge in [0.25, 0.3) is 0 Å². The van der Waals surface area contributed by atoms with E-state index in [0.717, 1.165) is 18.4 Å². The quantitative estimate of drug-likeness (QED) is 0.357. The highest BCUT2D eigenvalue weighted by Crippen LogP contribution is 2.29. The fraction of sp³-hybridized carbons (Fsp3) is 0.476. The maximum Gasteiger partial charge on any atom is 0.346 e. The van der Waals surface area contributed by atoms with E-state index in [4.69, 9.17) is 4.74 Å². The SMILES string of the molecule is COC(=O)/C(=C\CC(C)(C)CCC=C(C)C)S(=O)c1ccc(C)cc1. The van der Waals surface area contributed by atoms with Crippen molar-refractivity contribution in [2.24, 2.45) is 5.41 Å². The van der Waals surface area contributed by atoms with Crippen molar-refractivity contribution in [1.29, 1.82) is 0 Å². The second-order valence-electron chi connectivity index (χ2n) is 7.33. The summed E-state index contributed by atoms with van der Waals surface area (Å²) in [5.74, 6) is -0.529. The van der Waals surface area contributed by atoms with E-state index in [1.807, 2.05) is 19.1 Å². The number of methoxy groups -OCH3 is 1. The molecular weight excluding hydrogens is 332 g/mol. The molecule has 0 aliphatic carbocycles. The molecule has 0 bridgehead atoms. The summed E-state index contributed by atoms with van der Waals surface area (Å²) in [5.41, 5.74) is 2.41. The number of hydrogen-bond acceptors (Lipinski definition) is 3. The fourth-order valence-corrected chi connectivity index (χ4v) is 3.45. The maximum atomic E-state index is 12.8. The number of rotatable bonds is 8. The topological polar surface area (TPSA) is 43.4 Å². The zero-order valence-electron chi connectivity index (χ0n) is 16.2. The lowest BCUT2D eigenvalue weighted by Gasteiger charge is -2.22. The van der Waals surface area contributed by atoms with Gasteiger partial charge in [0.15, 0.2) is 0 Å². The van der Waals surface area contributed by atoms with Gasteiger partial charge in [-0.3, -0.25) is 0 Å². The van der Waals surface area contributed by atoms with Crippen LogP contribution in [0.25, 0.3) is 0 Å². The molecule has 138 valence electrons. The molecule has 1 aromatic carbocycles. The molecule has 0 amide bonds. The molecule has 1 unspecified atom stereocenters. The first-order chi connectivity index (χ1) is 11.7. The lowest BCUT2D eigenvalue weighted by Crippen LogP contribution is -2.14. The van der Waals surface area contributed by atoms with Crippen molar-refractivity contribution in [3.05, 3.63) is 52.5 Å². The number of esters is 1. The van der Waals surface area contributed by atoms with Gasteiger partial charge in [-0.25, -0.2) is 9.00 Å². The van der Waals surface area contributed by atoms with Crippen LogP contribution in [0.2, 0.25) is 0 Å². The van der Waals surface area contributed by atoms with Crippen molar-refractivity contribution in [1.82, 2.24) is 0 Å². The summed E-state index contributed by atoms with van der Waals surface area (Å²) in [6, 6.07) is 7.38. The van der Waals surface area contributed by atoms with E-state index in [-0.39, 0.29) is 10.3 Å². The van der Waals surface area contributed by atoms with Gasteiger partial charge >= 0.3 is 5.97 Å². The van der Waals surface area contributed by atoms with Gasteiger partial charge in [0.1, 0.15) is 4.91 Å². The molecule has 1 atom stereocenters. The lowest BCUT2D eigenvalue weighted by atomic mass is 9.84. The molecule has 1 rings (SSSR count). The first-order valence-corrected chi connectivity index (χ1v) is 9.71. The normalized spacial score (nSPS) is 13.3. The third-order valence-electron chi connectivity index (χ3n) is 4.04. The predicted molar refractivity (Wildman–Crippen MR) is 105 cm³/mol. The van der Waals surface area contributed by atoms with Crippen LogP contribution in [0.1, 0.15) is 52.5 Å². The number of allylic oxidation sites excluding steroid dienone is 3. The van der Waals surface area contributed by atoms with Crippen LogP contribution in [0.5, 0.6) is 0 Å². The van der Waals surface area contributed by atoms with Crippen molar-refractivity contribution in [3.8, 4) is 0 Å². The van der Waals surface area contributed by atoms with E-state index in [2.05, 4.69) is 33.8 Å². The van der Waals surface area contributed by atoms with Crippen LogP contribution in [-0.4, -0.2) is 17.3 Å². The molecule has 0 saturated heterocycles. The molecule has 1 aromatic rings. The molecule has 4 heteroatoms. The van der Waals surface area contributed by atoms with Crippen molar-refractivity contribution in [2.45, 2.75) is 58.8 Å². The van der Waals surface area contributed by atoms with E-state index < -0.39 is 16.8 Å². The van der Waals surface area contributed by atoms with Crippen molar-refractivity contribution in [2.75, 3.05) is 7.11 Å². The van der Waals surface area contributed by atoms with E-state index in [9.17, 15) is 9.00 Å². The summed E-state index contributed by atoms with van der Waals surface area (Å²) in [6.45, 7) is 10.5. The van der Waals surface area contributed by atoms with Crippen LogP contribution >= 0.6 is 0 Å². The van der Waals surface area contributed by atoms with Gasteiger partial charge < -0.3 is 4.74 Å². The van der Waals surface area contributed by atoms with Crippen LogP contribution in [0.15, 0.2) is 51.8 Å².